The Labute approximate surface area is 78.0 Å². The number of carbonyl (C=O) groups is 2. The molecule has 0 N–H and O–H groups in total. The Morgan fingerprint density at radius 2 is 1.79 bits per heavy atom. The molecule has 4 nitrogen and oxygen atoms in total. The molecule has 0 saturated carbocycles. The largest absolute Gasteiger partial charge is 0.458 e. The molecule has 0 amide bonds. The van der Waals surface area contributed by atoms with Crippen molar-refractivity contribution < 1.29 is 32.2 Å². The monoisotopic (exact) mass is 214 g/mol. The standard InChI is InChI=1S/C7H9F3O4/c1-3-13-5(11)6(12)14-4(2)7(8,9)10/h4H,3H2,1-2H3. The highest BCUT2D eigenvalue weighted by Gasteiger charge is 2.40. The molecule has 0 aliphatic carbocycles. The van der Waals surface area contributed by atoms with Gasteiger partial charge in [0.05, 0.1) is 6.61 Å². The summed E-state index contributed by atoms with van der Waals surface area (Å²) >= 11 is 0. The Morgan fingerprint density at radius 3 is 2.14 bits per heavy atom. The van der Waals surface area contributed by atoms with Crippen molar-refractivity contribution in [3.05, 3.63) is 0 Å². The minimum Gasteiger partial charge on any atom is -0.458 e. The second kappa shape index (κ2) is 4.83. The molecule has 0 aromatic heterocycles. The van der Waals surface area contributed by atoms with E-state index in [4.69, 9.17) is 0 Å². The molecular weight excluding hydrogens is 205 g/mol. The fourth-order valence-corrected chi connectivity index (χ4v) is 0.466. The van der Waals surface area contributed by atoms with Crippen LogP contribution in [0.2, 0.25) is 0 Å². The molecule has 0 aromatic carbocycles. The maximum atomic E-state index is 11.8. The van der Waals surface area contributed by atoms with Crippen LogP contribution in [0.15, 0.2) is 0 Å². The molecule has 0 aromatic rings. The van der Waals surface area contributed by atoms with Gasteiger partial charge in [-0.3, -0.25) is 0 Å². The van der Waals surface area contributed by atoms with E-state index < -0.39 is 24.2 Å². The van der Waals surface area contributed by atoms with Crippen molar-refractivity contribution in [1.82, 2.24) is 0 Å². The zero-order valence-electron chi connectivity index (χ0n) is 7.55. The average Bonchev–Trinajstić information content (AvgIpc) is 2.02. The van der Waals surface area contributed by atoms with Gasteiger partial charge in [-0.1, -0.05) is 0 Å². The molecule has 82 valence electrons. The number of alkyl halides is 3. The van der Waals surface area contributed by atoms with Crippen molar-refractivity contribution in [2.24, 2.45) is 0 Å². The van der Waals surface area contributed by atoms with Gasteiger partial charge in [0.15, 0.2) is 6.10 Å². The molecule has 0 rings (SSSR count). The lowest BCUT2D eigenvalue weighted by Gasteiger charge is -2.15. The molecule has 0 aliphatic rings. The van der Waals surface area contributed by atoms with Gasteiger partial charge in [-0.2, -0.15) is 13.2 Å². The van der Waals surface area contributed by atoms with Crippen LogP contribution in [0, 0.1) is 0 Å². The van der Waals surface area contributed by atoms with Crippen LogP contribution in [0.25, 0.3) is 0 Å². The van der Waals surface area contributed by atoms with Gasteiger partial charge < -0.3 is 9.47 Å². The number of hydrogen-bond acceptors (Lipinski definition) is 4. The lowest BCUT2D eigenvalue weighted by atomic mass is 10.4. The molecule has 0 saturated heterocycles. The van der Waals surface area contributed by atoms with Gasteiger partial charge in [-0.05, 0) is 13.8 Å². The molecule has 0 spiro atoms. The molecule has 1 unspecified atom stereocenters. The van der Waals surface area contributed by atoms with E-state index in [1.165, 1.54) is 6.92 Å². The Hall–Kier alpha value is -1.27. The Bertz CT molecular complexity index is 223. The molecule has 0 fully saturated rings. The second-order valence-electron chi connectivity index (χ2n) is 2.31. The summed E-state index contributed by atoms with van der Waals surface area (Å²) in [5.41, 5.74) is 0. The summed E-state index contributed by atoms with van der Waals surface area (Å²) in [5.74, 6) is -3.07. The summed E-state index contributed by atoms with van der Waals surface area (Å²) in [6, 6.07) is 0. The summed E-state index contributed by atoms with van der Waals surface area (Å²) in [5, 5.41) is 0. The van der Waals surface area contributed by atoms with Gasteiger partial charge in [-0.25, -0.2) is 9.59 Å². The molecule has 0 radical (unpaired) electrons. The number of halogens is 3. The van der Waals surface area contributed by atoms with Crippen molar-refractivity contribution in [2.75, 3.05) is 6.61 Å². The SMILES string of the molecule is CCOC(=O)C(=O)OC(C)C(F)(F)F. The summed E-state index contributed by atoms with van der Waals surface area (Å²) in [7, 11) is 0. The van der Waals surface area contributed by atoms with Gasteiger partial charge in [0.2, 0.25) is 0 Å². The van der Waals surface area contributed by atoms with E-state index in [0.717, 1.165) is 0 Å². The smallest absolute Gasteiger partial charge is 0.425 e. The zero-order valence-corrected chi connectivity index (χ0v) is 7.55. The fraction of sp³-hybridized carbons (Fsp3) is 0.714. The first-order valence-corrected chi connectivity index (χ1v) is 3.73. The normalized spacial score (nSPS) is 13.2. The van der Waals surface area contributed by atoms with E-state index in [0.29, 0.717) is 6.92 Å². The predicted octanol–water partition coefficient (Wildman–Crippen LogP) is 1.04. The number of rotatable bonds is 2. The number of carbonyl (C=O) groups excluding carboxylic acids is 2. The molecule has 7 heteroatoms. The van der Waals surface area contributed by atoms with E-state index in [1.54, 1.807) is 0 Å². The van der Waals surface area contributed by atoms with E-state index in [2.05, 4.69) is 9.47 Å². The van der Waals surface area contributed by atoms with Crippen LogP contribution in [0.5, 0.6) is 0 Å². The summed E-state index contributed by atoms with van der Waals surface area (Å²) in [4.78, 5) is 21.1. The highest BCUT2D eigenvalue weighted by atomic mass is 19.4. The number of hydrogen-bond donors (Lipinski definition) is 0. The van der Waals surface area contributed by atoms with Crippen molar-refractivity contribution in [3.63, 3.8) is 0 Å². The van der Waals surface area contributed by atoms with Crippen LogP contribution in [-0.4, -0.2) is 30.8 Å². The maximum Gasteiger partial charge on any atom is 0.425 e. The van der Waals surface area contributed by atoms with Crippen molar-refractivity contribution in [3.8, 4) is 0 Å². The van der Waals surface area contributed by atoms with Gasteiger partial charge in [0, 0.05) is 0 Å². The summed E-state index contributed by atoms with van der Waals surface area (Å²) < 4.78 is 43.4. The van der Waals surface area contributed by atoms with Crippen molar-refractivity contribution >= 4 is 11.9 Å². The van der Waals surface area contributed by atoms with E-state index in [9.17, 15) is 22.8 Å². The van der Waals surface area contributed by atoms with Gasteiger partial charge in [0.1, 0.15) is 0 Å². The Balaban J connectivity index is 4.13. The summed E-state index contributed by atoms with van der Waals surface area (Å²) in [6.45, 7) is 1.93. The predicted molar refractivity (Wildman–Crippen MR) is 38.2 cm³/mol. The first kappa shape index (κ1) is 12.7. The molecule has 14 heavy (non-hydrogen) atoms. The number of esters is 2. The van der Waals surface area contributed by atoms with Gasteiger partial charge in [0.25, 0.3) is 0 Å². The molecule has 0 heterocycles. The molecule has 0 aliphatic heterocycles. The number of ether oxygens (including phenoxy) is 2. The lowest BCUT2D eigenvalue weighted by Crippen LogP contribution is -2.34. The van der Waals surface area contributed by atoms with Crippen molar-refractivity contribution in [2.45, 2.75) is 26.1 Å². The third kappa shape index (κ3) is 4.11. The highest BCUT2D eigenvalue weighted by Crippen LogP contribution is 2.22. The lowest BCUT2D eigenvalue weighted by molar-refractivity contribution is -0.218. The Kier molecular flexibility index (Phi) is 4.39. The van der Waals surface area contributed by atoms with E-state index in [1.807, 2.05) is 0 Å². The third-order valence-corrected chi connectivity index (χ3v) is 1.19. The quantitative estimate of drug-likeness (QED) is 0.509. The highest BCUT2D eigenvalue weighted by molar-refractivity contribution is 6.29. The zero-order chi connectivity index (χ0) is 11.4. The van der Waals surface area contributed by atoms with Crippen LogP contribution in [-0.2, 0) is 19.1 Å². The first-order valence-electron chi connectivity index (χ1n) is 3.73. The van der Waals surface area contributed by atoms with Gasteiger partial charge >= 0.3 is 18.1 Å². The topological polar surface area (TPSA) is 52.6 Å². The minimum absolute atomic E-state index is 0.103. The third-order valence-electron chi connectivity index (χ3n) is 1.19. The van der Waals surface area contributed by atoms with Gasteiger partial charge in [-0.15, -0.1) is 0 Å². The minimum atomic E-state index is -4.68. The second-order valence-corrected chi connectivity index (χ2v) is 2.31. The fourth-order valence-electron chi connectivity index (χ4n) is 0.466. The van der Waals surface area contributed by atoms with Crippen molar-refractivity contribution in [1.29, 1.82) is 0 Å². The maximum absolute atomic E-state index is 11.8. The van der Waals surface area contributed by atoms with Crippen LogP contribution in [0.1, 0.15) is 13.8 Å². The first-order chi connectivity index (χ1) is 6.29. The molecule has 0 bridgehead atoms. The van der Waals surface area contributed by atoms with Crippen LogP contribution >= 0.6 is 0 Å². The Morgan fingerprint density at radius 1 is 1.29 bits per heavy atom. The van der Waals surface area contributed by atoms with Crippen LogP contribution < -0.4 is 0 Å². The summed E-state index contributed by atoms with van der Waals surface area (Å²) in [6.07, 6.45) is -7.00. The van der Waals surface area contributed by atoms with E-state index >= 15 is 0 Å². The van der Waals surface area contributed by atoms with E-state index in [-0.39, 0.29) is 6.61 Å². The average molecular weight is 214 g/mol. The molecule has 1 atom stereocenters. The van der Waals surface area contributed by atoms with Crippen LogP contribution in [0.4, 0.5) is 13.2 Å². The molecular formula is C7H9F3O4. The van der Waals surface area contributed by atoms with Crippen LogP contribution in [0.3, 0.4) is 0 Å².